The first-order chi connectivity index (χ1) is 5.63. The molecule has 0 bridgehead atoms. The normalized spacial score (nSPS) is 15.7. The lowest BCUT2D eigenvalue weighted by molar-refractivity contribution is 0.164. The zero-order valence-electron chi connectivity index (χ0n) is 7.36. The van der Waals surface area contributed by atoms with Gasteiger partial charge in [-0.1, -0.05) is 0 Å². The minimum atomic E-state index is -0.534. The minimum Gasteiger partial charge on any atom is -0.391 e. The van der Waals surface area contributed by atoms with E-state index in [1.807, 2.05) is 13.0 Å². The van der Waals surface area contributed by atoms with Crippen LogP contribution >= 0.6 is 0 Å². The number of aromatic nitrogens is 1. The quantitative estimate of drug-likeness (QED) is 0.682. The lowest BCUT2D eigenvalue weighted by atomic mass is 10.0. The highest BCUT2D eigenvalue weighted by atomic mass is 16.3. The molecule has 66 valence electrons. The SMILES string of the molecule is Cc1ccncc1[C@H](N)[C@@H](C)O. The maximum absolute atomic E-state index is 9.25. The smallest absolute Gasteiger partial charge is 0.0705 e. The average Bonchev–Trinajstić information content (AvgIpc) is 2.04. The van der Waals surface area contributed by atoms with Gasteiger partial charge in [-0.2, -0.15) is 0 Å². The van der Waals surface area contributed by atoms with E-state index in [1.54, 1.807) is 19.3 Å². The highest BCUT2D eigenvalue weighted by molar-refractivity contribution is 5.25. The predicted octanol–water partition coefficient (Wildman–Crippen LogP) is 0.771. The Kier molecular flexibility index (Phi) is 2.78. The van der Waals surface area contributed by atoms with Gasteiger partial charge in [0.1, 0.15) is 0 Å². The van der Waals surface area contributed by atoms with E-state index < -0.39 is 6.10 Å². The molecule has 12 heavy (non-hydrogen) atoms. The Morgan fingerprint density at radius 2 is 2.25 bits per heavy atom. The van der Waals surface area contributed by atoms with Crippen LogP contribution in [-0.4, -0.2) is 16.2 Å². The summed E-state index contributed by atoms with van der Waals surface area (Å²) in [6.45, 7) is 3.64. The number of aryl methyl sites for hydroxylation is 1. The highest BCUT2D eigenvalue weighted by Crippen LogP contribution is 2.16. The molecule has 2 atom stereocenters. The second-order valence-corrected chi connectivity index (χ2v) is 3.00. The van der Waals surface area contributed by atoms with Crippen molar-refractivity contribution < 1.29 is 5.11 Å². The topological polar surface area (TPSA) is 59.1 Å². The van der Waals surface area contributed by atoms with Crippen molar-refractivity contribution in [3.63, 3.8) is 0 Å². The summed E-state index contributed by atoms with van der Waals surface area (Å²) in [5, 5.41) is 9.25. The van der Waals surface area contributed by atoms with Crippen LogP contribution in [0, 0.1) is 6.92 Å². The van der Waals surface area contributed by atoms with Crippen molar-refractivity contribution in [2.75, 3.05) is 0 Å². The van der Waals surface area contributed by atoms with E-state index in [2.05, 4.69) is 4.98 Å². The van der Waals surface area contributed by atoms with Gasteiger partial charge < -0.3 is 10.8 Å². The predicted molar refractivity (Wildman–Crippen MR) is 47.6 cm³/mol. The molecule has 1 aromatic rings. The molecule has 0 spiro atoms. The molecule has 3 N–H and O–H groups in total. The number of hydrogen-bond donors (Lipinski definition) is 2. The van der Waals surface area contributed by atoms with Gasteiger partial charge in [-0.25, -0.2) is 0 Å². The lowest BCUT2D eigenvalue weighted by Gasteiger charge is -2.16. The van der Waals surface area contributed by atoms with Crippen molar-refractivity contribution in [2.45, 2.75) is 26.0 Å². The van der Waals surface area contributed by atoms with Crippen LogP contribution in [0.15, 0.2) is 18.5 Å². The summed E-state index contributed by atoms with van der Waals surface area (Å²) in [6, 6.07) is 1.55. The van der Waals surface area contributed by atoms with Crippen LogP contribution in [0.4, 0.5) is 0 Å². The summed E-state index contributed by atoms with van der Waals surface area (Å²) in [4.78, 5) is 3.96. The molecule has 0 fully saturated rings. The first kappa shape index (κ1) is 9.16. The van der Waals surface area contributed by atoms with E-state index in [1.165, 1.54) is 0 Å². The molecule has 0 aliphatic carbocycles. The van der Waals surface area contributed by atoms with Crippen LogP contribution in [0.5, 0.6) is 0 Å². The average molecular weight is 166 g/mol. The van der Waals surface area contributed by atoms with E-state index in [9.17, 15) is 5.11 Å². The molecule has 0 radical (unpaired) electrons. The van der Waals surface area contributed by atoms with Gasteiger partial charge in [0.25, 0.3) is 0 Å². The molecule has 3 heteroatoms. The fraction of sp³-hybridized carbons (Fsp3) is 0.444. The van der Waals surface area contributed by atoms with Gasteiger partial charge >= 0.3 is 0 Å². The Morgan fingerprint density at radius 3 is 2.75 bits per heavy atom. The largest absolute Gasteiger partial charge is 0.391 e. The fourth-order valence-corrected chi connectivity index (χ4v) is 1.09. The Hall–Kier alpha value is -0.930. The van der Waals surface area contributed by atoms with Crippen LogP contribution in [0.1, 0.15) is 24.1 Å². The maximum atomic E-state index is 9.25. The molecular formula is C9H14N2O. The first-order valence-corrected chi connectivity index (χ1v) is 3.97. The van der Waals surface area contributed by atoms with E-state index >= 15 is 0 Å². The Balaban J connectivity index is 2.94. The van der Waals surface area contributed by atoms with Gasteiger partial charge in [0, 0.05) is 12.4 Å². The number of nitrogens with two attached hydrogens (primary N) is 1. The summed E-state index contributed by atoms with van der Waals surface area (Å²) in [7, 11) is 0. The third kappa shape index (κ3) is 1.81. The zero-order chi connectivity index (χ0) is 9.14. The van der Waals surface area contributed by atoms with Crippen molar-refractivity contribution in [1.29, 1.82) is 0 Å². The number of aliphatic hydroxyl groups excluding tert-OH is 1. The number of pyridine rings is 1. The molecule has 0 aromatic carbocycles. The van der Waals surface area contributed by atoms with E-state index in [-0.39, 0.29) is 6.04 Å². The van der Waals surface area contributed by atoms with Crippen molar-refractivity contribution >= 4 is 0 Å². The van der Waals surface area contributed by atoms with Crippen LogP contribution in [0.2, 0.25) is 0 Å². The highest BCUT2D eigenvalue weighted by Gasteiger charge is 2.13. The zero-order valence-corrected chi connectivity index (χ0v) is 7.36. The number of nitrogens with zero attached hydrogens (tertiary/aromatic N) is 1. The monoisotopic (exact) mass is 166 g/mol. The van der Waals surface area contributed by atoms with Crippen molar-refractivity contribution in [3.8, 4) is 0 Å². The second-order valence-electron chi connectivity index (χ2n) is 3.00. The second kappa shape index (κ2) is 3.65. The maximum Gasteiger partial charge on any atom is 0.0705 e. The molecule has 1 rings (SSSR count). The molecule has 1 aromatic heterocycles. The summed E-state index contributed by atoms with van der Waals surface area (Å²) < 4.78 is 0. The Morgan fingerprint density at radius 1 is 1.58 bits per heavy atom. The summed E-state index contributed by atoms with van der Waals surface area (Å²) >= 11 is 0. The van der Waals surface area contributed by atoms with Crippen molar-refractivity contribution in [3.05, 3.63) is 29.6 Å². The van der Waals surface area contributed by atoms with Gasteiger partial charge in [0.15, 0.2) is 0 Å². The molecular weight excluding hydrogens is 152 g/mol. The van der Waals surface area contributed by atoms with Crippen molar-refractivity contribution in [1.82, 2.24) is 4.98 Å². The van der Waals surface area contributed by atoms with Crippen LogP contribution in [0.3, 0.4) is 0 Å². The van der Waals surface area contributed by atoms with Crippen LogP contribution < -0.4 is 5.73 Å². The molecule has 0 aliphatic rings. The van der Waals surface area contributed by atoms with Crippen LogP contribution in [0.25, 0.3) is 0 Å². The van der Waals surface area contributed by atoms with Gasteiger partial charge in [-0.3, -0.25) is 4.98 Å². The summed E-state index contributed by atoms with van der Waals surface area (Å²) in [5.41, 5.74) is 7.73. The van der Waals surface area contributed by atoms with E-state index in [4.69, 9.17) is 5.73 Å². The minimum absolute atomic E-state index is 0.335. The summed E-state index contributed by atoms with van der Waals surface area (Å²) in [5.74, 6) is 0. The van der Waals surface area contributed by atoms with Gasteiger partial charge in [0.05, 0.1) is 12.1 Å². The lowest BCUT2D eigenvalue weighted by Crippen LogP contribution is -2.24. The standard InChI is InChI=1S/C9H14N2O/c1-6-3-4-11-5-8(6)9(10)7(2)12/h3-5,7,9,12H,10H2,1-2H3/t7-,9-/m1/s1. The molecule has 0 aliphatic heterocycles. The third-order valence-electron chi connectivity index (χ3n) is 1.96. The van der Waals surface area contributed by atoms with E-state index in [0.29, 0.717) is 0 Å². The van der Waals surface area contributed by atoms with Crippen LogP contribution in [-0.2, 0) is 0 Å². The Labute approximate surface area is 72.2 Å². The number of aliphatic hydroxyl groups is 1. The Bertz CT molecular complexity index is 260. The van der Waals surface area contributed by atoms with Crippen molar-refractivity contribution in [2.24, 2.45) is 5.73 Å². The number of hydrogen-bond acceptors (Lipinski definition) is 3. The van der Waals surface area contributed by atoms with Gasteiger partial charge in [-0.15, -0.1) is 0 Å². The van der Waals surface area contributed by atoms with E-state index in [0.717, 1.165) is 11.1 Å². The van der Waals surface area contributed by atoms with Gasteiger partial charge in [0.2, 0.25) is 0 Å². The molecule has 0 saturated heterocycles. The molecule has 0 saturated carbocycles. The molecule has 1 heterocycles. The number of rotatable bonds is 2. The van der Waals surface area contributed by atoms with Gasteiger partial charge in [-0.05, 0) is 31.0 Å². The third-order valence-corrected chi connectivity index (χ3v) is 1.96. The molecule has 0 unspecified atom stereocenters. The fourth-order valence-electron chi connectivity index (χ4n) is 1.09. The first-order valence-electron chi connectivity index (χ1n) is 3.97. The summed E-state index contributed by atoms with van der Waals surface area (Å²) in [6.07, 6.45) is 2.88. The molecule has 0 amide bonds. The molecule has 3 nitrogen and oxygen atoms in total.